The molecule has 0 spiro atoms. The predicted molar refractivity (Wildman–Crippen MR) is 129 cm³/mol. The van der Waals surface area contributed by atoms with Crippen molar-refractivity contribution in [1.82, 2.24) is 9.88 Å². The van der Waals surface area contributed by atoms with Crippen LogP contribution in [0.1, 0.15) is 13.3 Å². The summed E-state index contributed by atoms with van der Waals surface area (Å²) in [6, 6.07) is 17.6. The number of fused-ring (bicyclic) bond motifs is 1. The van der Waals surface area contributed by atoms with E-state index in [1.165, 1.54) is 11.8 Å². The Hall–Kier alpha value is -2.58. The van der Waals surface area contributed by atoms with E-state index in [9.17, 15) is 13.2 Å². The molecule has 1 saturated heterocycles. The van der Waals surface area contributed by atoms with Crippen LogP contribution in [0.25, 0.3) is 22.0 Å². The number of carbonyl (C=O) groups is 1. The average Bonchev–Trinajstić information content (AvgIpc) is 3.17. The third kappa shape index (κ3) is 4.76. The summed E-state index contributed by atoms with van der Waals surface area (Å²) in [4.78, 5) is 19.4. The fourth-order valence-corrected chi connectivity index (χ4v) is 6.75. The van der Waals surface area contributed by atoms with Crippen LogP contribution in [0.2, 0.25) is 0 Å². The van der Waals surface area contributed by atoms with Crippen molar-refractivity contribution < 1.29 is 17.9 Å². The SMILES string of the molecule is COc1ccc2c(-c3ccccc3)cc(S[C@H](C)C(=O)N(C)[C@H]3CCS(=O)(=O)C3)nc2c1. The van der Waals surface area contributed by atoms with E-state index < -0.39 is 15.1 Å². The summed E-state index contributed by atoms with van der Waals surface area (Å²) in [5.74, 6) is 0.813. The van der Waals surface area contributed by atoms with Crippen molar-refractivity contribution in [2.75, 3.05) is 25.7 Å². The quantitative estimate of drug-likeness (QED) is 0.506. The topological polar surface area (TPSA) is 76.6 Å². The standard InChI is InChI=1S/C24H26N2O4S2/c1-16(24(27)26(2)18-11-12-32(28,29)15-18)31-23-14-21(17-7-5-4-6-8-17)20-10-9-19(30-3)13-22(20)25-23/h4-10,13-14,16,18H,11-12,15H2,1-3H3/t16-,18+/m1/s1. The summed E-state index contributed by atoms with van der Waals surface area (Å²) in [6.45, 7) is 1.84. The highest BCUT2D eigenvalue weighted by atomic mass is 32.2. The molecule has 1 aliphatic rings. The van der Waals surface area contributed by atoms with Gasteiger partial charge in [-0.2, -0.15) is 0 Å². The Morgan fingerprint density at radius 3 is 2.59 bits per heavy atom. The predicted octanol–water partition coefficient (Wildman–Crippen LogP) is 4.04. The van der Waals surface area contributed by atoms with Gasteiger partial charge in [0.15, 0.2) is 9.84 Å². The van der Waals surface area contributed by atoms with Crippen molar-refractivity contribution in [3.8, 4) is 16.9 Å². The largest absolute Gasteiger partial charge is 0.497 e. The molecule has 0 saturated carbocycles. The van der Waals surface area contributed by atoms with E-state index in [1.807, 2.05) is 49.4 Å². The first-order valence-corrected chi connectivity index (χ1v) is 13.2. The minimum atomic E-state index is -3.05. The lowest BCUT2D eigenvalue weighted by molar-refractivity contribution is -0.130. The van der Waals surface area contributed by atoms with Gasteiger partial charge in [-0.25, -0.2) is 13.4 Å². The van der Waals surface area contributed by atoms with Crippen molar-refractivity contribution in [2.45, 2.75) is 29.7 Å². The molecule has 2 aromatic carbocycles. The van der Waals surface area contributed by atoms with Gasteiger partial charge < -0.3 is 9.64 Å². The zero-order valence-corrected chi connectivity index (χ0v) is 19.9. The van der Waals surface area contributed by atoms with Gasteiger partial charge in [-0.15, -0.1) is 0 Å². The number of sulfone groups is 1. The van der Waals surface area contributed by atoms with Crippen LogP contribution in [-0.4, -0.2) is 61.2 Å². The second kappa shape index (κ2) is 9.11. The van der Waals surface area contributed by atoms with Gasteiger partial charge in [-0.05, 0) is 42.7 Å². The highest BCUT2D eigenvalue weighted by molar-refractivity contribution is 8.00. The van der Waals surface area contributed by atoms with E-state index in [1.54, 1.807) is 19.1 Å². The molecule has 2 atom stereocenters. The van der Waals surface area contributed by atoms with E-state index in [-0.39, 0.29) is 23.5 Å². The number of hydrogen-bond acceptors (Lipinski definition) is 6. The Kier molecular flexibility index (Phi) is 6.44. The Morgan fingerprint density at radius 2 is 1.94 bits per heavy atom. The Bertz CT molecular complexity index is 1250. The van der Waals surface area contributed by atoms with E-state index in [0.29, 0.717) is 6.42 Å². The first-order valence-electron chi connectivity index (χ1n) is 10.5. The molecule has 0 N–H and O–H groups in total. The van der Waals surface area contributed by atoms with Gasteiger partial charge in [0.2, 0.25) is 5.91 Å². The molecule has 2 heterocycles. The maximum atomic E-state index is 13.0. The second-order valence-corrected chi connectivity index (χ2v) is 11.6. The van der Waals surface area contributed by atoms with Crippen molar-refractivity contribution in [1.29, 1.82) is 0 Å². The number of methoxy groups -OCH3 is 1. The number of carbonyl (C=O) groups excluding carboxylic acids is 1. The summed E-state index contributed by atoms with van der Waals surface area (Å²) in [6.07, 6.45) is 0.494. The van der Waals surface area contributed by atoms with Gasteiger partial charge in [0.05, 0.1) is 34.4 Å². The smallest absolute Gasteiger partial charge is 0.235 e. The summed E-state index contributed by atoms with van der Waals surface area (Å²) < 4.78 is 29.0. The number of pyridine rings is 1. The number of nitrogens with zero attached hydrogens (tertiary/aromatic N) is 2. The van der Waals surface area contributed by atoms with Crippen LogP contribution in [0.15, 0.2) is 59.6 Å². The number of ether oxygens (including phenoxy) is 1. The molecule has 0 aliphatic carbocycles. The molecule has 8 heteroatoms. The van der Waals surface area contributed by atoms with E-state index in [4.69, 9.17) is 9.72 Å². The number of hydrogen-bond donors (Lipinski definition) is 0. The van der Waals surface area contributed by atoms with Crippen molar-refractivity contribution in [3.05, 3.63) is 54.6 Å². The molecule has 0 radical (unpaired) electrons. The molecule has 168 valence electrons. The molecule has 0 unspecified atom stereocenters. The molecule has 1 aliphatic heterocycles. The van der Waals surface area contributed by atoms with Crippen molar-refractivity contribution in [3.63, 3.8) is 0 Å². The minimum Gasteiger partial charge on any atom is -0.497 e. The number of thioether (sulfide) groups is 1. The van der Waals surface area contributed by atoms with Gasteiger partial charge in [-0.1, -0.05) is 42.1 Å². The van der Waals surface area contributed by atoms with E-state index >= 15 is 0 Å². The molecule has 0 bridgehead atoms. The third-order valence-corrected chi connectivity index (χ3v) is 8.58. The number of benzene rings is 2. The van der Waals surface area contributed by atoms with Gasteiger partial charge >= 0.3 is 0 Å². The fraction of sp³-hybridized carbons (Fsp3) is 0.333. The van der Waals surface area contributed by atoms with Crippen LogP contribution in [0.3, 0.4) is 0 Å². The van der Waals surface area contributed by atoms with Crippen LogP contribution in [0, 0.1) is 0 Å². The Morgan fingerprint density at radius 1 is 1.19 bits per heavy atom. The highest BCUT2D eigenvalue weighted by Gasteiger charge is 2.34. The van der Waals surface area contributed by atoms with Crippen LogP contribution in [-0.2, 0) is 14.6 Å². The first kappa shape index (κ1) is 22.6. The number of rotatable bonds is 6. The Labute approximate surface area is 192 Å². The maximum Gasteiger partial charge on any atom is 0.235 e. The molecule has 32 heavy (non-hydrogen) atoms. The lowest BCUT2D eigenvalue weighted by Crippen LogP contribution is -2.41. The van der Waals surface area contributed by atoms with Gasteiger partial charge in [0, 0.05) is 24.5 Å². The molecular formula is C24H26N2O4S2. The van der Waals surface area contributed by atoms with E-state index in [0.717, 1.165) is 32.8 Å². The summed E-state index contributed by atoms with van der Waals surface area (Å²) in [5, 5.41) is 1.34. The third-order valence-electron chi connectivity index (χ3n) is 5.83. The zero-order chi connectivity index (χ0) is 22.9. The monoisotopic (exact) mass is 470 g/mol. The first-order chi connectivity index (χ1) is 15.3. The van der Waals surface area contributed by atoms with E-state index in [2.05, 4.69) is 12.1 Å². The molecule has 1 amide bonds. The minimum absolute atomic E-state index is 0.0405. The van der Waals surface area contributed by atoms with Crippen molar-refractivity contribution in [2.24, 2.45) is 0 Å². The average molecular weight is 471 g/mol. The number of aromatic nitrogens is 1. The van der Waals surface area contributed by atoms with Gasteiger partial charge in [0.1, 0.15) is 5.75 Å². The van der Waals surface area contributed by atoms with Crippen LogP contribution in [0.4, 0.5) is 0 Å². The van der Waals surface area contributed by atoms with Crippen molar-refractivity contribution >= 4 is 38.4 Å². The van der Waals surface area contributed by atoms with Gasteiger partial charge in [-0.3, -0.25) is 4.79 Å². The summed E-state index contributed by atoms with van der Waals surface area (Å²) in [5.41, 5.74) is 2.90. The van der Waals surface area contributed by atoms with Crippen LogP contribution in [0.5, 0.6) is 5.75 Å². The normalized spacial score (nSPS) is 18.4. The molecule has 1 fully saturated rings. The summed E-state index contributed by atoms with van der Waals surface area (Å²) in [7, 11) is 0.265. The molecule has 4 rings (SSSR count). The van der Waals surface area contributed by atoms with Crippen LogP contribution < -0.4 is 4.74 Å². The fourth-order valence-electron chi connectivity index (χ4n) is 4.01. The Balaban J connectivity index is 1.64. The zero-order valence-electron chi connectivity index (χ0n) is 18.3. The number of amides is 1. The second-order valence-electron chi connectivity index (χ2n) is 8.02. The summed E-state index contributed by atoms with van der Waals surface area (Å²) >= 11 is 1.38. The molecule has 6 nitrogen and oxygen atoms in total. The maximum absolute atomic E-state index is 13.0. The lowest BCUT2D eigenvalue weighted by Gasteiger charge is -2.26. The highest BCUT2D eigenvalue weighted by Crippen LogP contribution is 2.35. The lowest BCUT2D eigenvalue weighted by atomic mass is 10.0. The molecule has 1 aromatic heterocycles. The molecular weight excluding hydrogens is 444 g/mol. The van der Waals surface area contributed by atoms with Gasteiger partial charge in [0.25, 0.3) is 0 Å². The van der Waals surface area contributed by atoms with Crippen LogP contribution >= 0.6 is 11.8 Å². The molecule has 3 aromatic rings.